The van der Waals surface area contributed by atoms with Crippen LogP contribution in [0.3, 0.4) is 0 Å². The van der Waals surface area contributed by atoms with Gasteiger partial charge in [0.25, 0.3) is 11.8 Å². The highest BCUT2D eigenvalue weighted by molar-refractivity contribution is 6.42. The lowest BCUT2D eigenvalue weighted by molar-refractivity contribution is -0.117. The molecule has 0 radical (unpaired) electrons. The summed E-state index contributed by atoms with van der Waals surface area (Å²) in [7, 11) is 0. The van der Waals surface area contributed by atoms with E-state index >= 15 is 0 Å². The fourth-order valence-electron chi connectivity index (χ4n) is 2.17. The molecule has 0 spiro atoms. The fourth-order valence-corrected chi connectivity index (χ4v) is 2.50. The third-order valence-electron chi connectivity index (χ3n) is 3.41. The van der Waals surface area contributed by atoms with Crippen LogP contribution >= 0.6 is 23.2 Å². The lowest BCUT2D eigenvalue weighted by Crippen LogP contribution is -2.28. The van der Waals surface area contributed by atoms with Crippen LogP contribution in [0.25, 0.3) is 0 Å². The summed E-state index contributed by atoms with van der Waals surface area (Å²) in [5.74, 6) is -1.10. The third kappa shape index (κ3) is 3.96. The first-order chi connectivity index (χ1) is 12.4. The van der Waals surface area contributed by atoms with Crippen molar-refractivity contribution >= 4 is 52.6 Å². The molecular formula is C17H12Cl2N4O3. The molecule has 7 nitrogen and oxygen atoms in total. The van der Waals surface area contributed by atoms with Gasteiger partial charge in [0, 0.05) is 11.6 Å². The number of anilines is 2. The van der Waals surface area contributed by atoms with E-state index in [0.717, 1.165) is 6.08 Å². The van der Waals surface area contributed by atoms with E-state index in [2.05, 4.69) is 21.2 Å². The number of carbonyl (C=O) groups excluding carboxylic acids is 2. The summed E-state index contributed by atoms with van der Waals surface area (Å²) in [6, 6.07) is 9.57. The minimum absolute atomic E-state index is 0.0196. The van der Waals surface area contributed by atoms with Gasteiger partial charge >= 0.3 is 0 Å². The van der Waals surface area contributed by atoms with Crippen molar-refractivity contribution in [3.05, 3.63) is 63.8 Å². The SMILES string of the molecule is O=C(/C=C1/Nc2cc(Cl)c(Cl)cc2NC1=O)N/N=C/c1ccccc1O. The van der Waals surface area contributed by atoms with E-state index in [-0.39, 0.29) is 11.4 Å². The van der Waals surface area contributed by atoms with Crippen molar-refractivity contribution in [3.63, 3.8) is 0 Å². The first-order valence-electron chi connectivity index (χ1n) is 7.34. The van der Waals surface area contributed by atoms with Crippen LogP contribution in [0.5, 0.6) is 5.75 Å². The number of phenolic OH excluding ortho intramolecular Hbond substituents is 1. The van der Waals surface area contributed by atoms with Gasteiger partial charge in [-0.05, 0) is 24.3 Å². The number of amides is 2. The molecule has 0 saturated carbocycles. The van der Waals surface area contributed by atoms with Crippen LogP contribution < -0.4 is 16.1 Å². The third-order valence-corrected chi connectivity index (χ3v) is 4.14. The Kier molecular flexibility index (Phi) is 5.11. The summed E-state index contributed by atoms with van der Waals surface area (Å²) in [5, 5.41) is 19.4. The van der Waals surface area contributed by atoms with Gasteiger partial charge in [0.15, 0.2) is 0 Å². The number of phenols is 1. The van der Waals surface area contributed by atoms with Crippen molar-refractivity contribution < 1.29 is 14.7 Å². The minimum atomic E-state index is -0.627. The van der Waals surface area contributed by atoms with E-state index in [1.807, 2.05) is 0 Å². The first-order valence-corrected chi connectivity index (χ1v) is 8.10. The second-order valence-electron chi connectivity index (χ2n) is 5.24. The molecule has 1 aliphatic heterocycles. The zero-order valence-electron chi connectivity index (χ0n) is 13.1. The molecule has 0 aliphatic carbocycles. The molecule has 0 unspecified atom stereocenters. The normalized spacial score (nSPS) is 14.7. The smallest absolute Gasteiger partial charge is 0.272 e. The number of nitrogens with one attached hydrogen (secondary N) is 3. The number of fused-ring (bicyclic) bond motifs is 1. The average molecular weight is 391 g/mol. The average Bonchev–Trinajstić information content (AvgIpc) is 2.59. The van der Waals surface area contributed by atoms with E-state index in [9.17, 15) is 14.7 Å². The van der Waals surface area contributed by atoms with Gasteiger partial charge in [-0.3, -0.25) is 9.59 Å². The van der Waals surface area contributed by atoms with Crippen molar-refractivity contribution in [2.45, 2.75) is 0 Å². The van der Waals surface area contributed by atoms with Crippen molar-refractivity contribution in [3.8, 4) is 5.75 Å². The molecule has 0 saturated heterocycles. The molecule has 2 amide bonds. The number of nitrogens with zero attached hydrogens (tertiary/aromatic N) is 1. The Bertz CT molecular complexity index is 957. The van der Waals surface area contributed by atoms with Gasteiger partial charge < -0.3 is 15.7 Å². The number of hydrogen-bond donors (Lipinski definition) is 4. The predicted octanol–water partition coefficient (Wildman–Crippen LogP) is 3.10. The highest BCUT2D eigenvalue weighted by Gasteiger charge is 2.21. The van der Waals surface area contributed by atoms with Crippen LogP contribution in [0.1, 0.15) is 5.56 Å². The largest absolute Gasteiger partial charge is 0.507 e. The Morgan fingerprint density at radius 3 is 2.46 bits per heavy atom. The second-order valence-corrected chi connectivity index (χ2v) is 6.06. The van der Waals surface area contributed by atoms with Gasteiger partial charge in [0.2, 0.25) is 0 Å². The van der Waals surface area contributed by atoms with E-state index in [1.165, 1.54) is 18.3 Å². The number of hydrogen-bond acceptors (Lipinski definition) is 5. The van der Waals surface area contributed by atoms with E-state index in [0.29, 0.717) is 27.0 Å². The molecule has 132 valence electrons. The number of para-hydroxylation sites is 1. The Labute approximate surface area is 158 Å². The van der Waals surface area contributed by atoms with Gasteiger partial charge in [0.1, 0.15) is 11.4 Å². The zero-order valence-corrected chi connectivity index (χ0v) is 14.6. The van der Waals surface area contributed by atoms with Crippen LogP contribution in [-0.4, -0.2) is 23.1 Å². The van der Waals surface area contributed by atoms with Crippen LogP contribution in [0.4, 0.5) is 11.4 Å². The number of benzene rings is 2. The second kappa shape index (κ2) is 7.47. The Morgan fingerprint density at radius 1 is 1.12 bits per heavy atom. The minimum Gasteiger partial charge on any atom is -0.507 e. The summed E-state index contributed by atoms with van der Waals surface area (Å²) in [6.45, 7) is 0. The van der Waals surface area contributed by atoms with Crippen LogP contribution in [0, 0.1) is 0 Å². The fraction of sp³-hybridized carbons (Fsp3) is 0. The summed E-state index contributed by atoms with van der Waals surface area (Å²) < 4.78 is 0. The molecule has 3 rings (SSSR count). The molecule has 26 heavy (non-hydrogen) atoms. The zero-order chi connectivity index (χ0) is 18.7. The summed E-state index contributed by atoms with van der Waals surface area (Å²) in [6.07, 6.45) is 2.35. The lowest BCUT2D eigenvalue weighted by Gasteiger charge is -2.21. The molecule has 2 aromatic rings. The number of rotatable bonds is 3. The number of hydrazone groups is 1. The topological polar surface area (TPSA) is 103 Å². The van der Waals surface area contributed by atoms with Crippen molar-refractivity contribution in [2.24, 2.45) is 5.10 Å². The predicted molar refractivity (Wildman–Crippen MR) is 101 cm³/mol. The maximum absolute atomic E-state index is 12.1. The highest BCUT2D eigenvalue weighted by Crippen LogP contribution is 2.35. The van der Waals surface area contributed by atoms with Crippen molar-refractivity contribution in [1.29, 1.82) is 0 Å². The molecule has 2 aromatic carbocycles. The highest BCUT2D eigenvalue weighted by atomic mass is 35.5. The molecule has 0 atom stereocenters. The van der Waals surface area contributed by atoms with Crippen LogP contribution in [0.2, 0.25) is 10.0 Å². The molecule has 0 aromatic heterocycles. The quantitative estimate of drug-likeness (QED) is 0.367. The Morgan fingerprint density at radius 2 is 1.77 bits per heavy atom. The molecule has 0 fully saturated rings. The first kappa shape index (κ1) is 17.8. The molecule has 1 aliphatic rings. The van der Waals surface area contributed by atoms with Crippen molar-refractivity contribution in [2.75, 3.05) is 10.6 Å². The number of halogens is 2. The molecule has 9 heteroatoms. The van der Waals surface area contributed by atoms with Gasteiger partial charge in [0.05, 0.1) is 27.6 Å². The number of aromatic hydroxyl groups is 1. The molecule has 4 N–H and O–H groups in total. The summed E-state index contributed by atoms with van der Waals surface area (Å²) in [4.78, 5) is 24.0. The van der Waals surface area contributed by atoms with E-state index in [1.54, 1.807) is 24.3 Å². The molecular weight excluding hydrogens is 379 g/mol. The van der Waals surface area contributed by atoms with Gasteiger partial charge in [-0.15, -0.1) is 0 Å². The lowest BCUT2D eigenvalue weighted by atomic mass is 10.2. The summed E-state index contributed by atoms with van der Waals surface area (Å²) in [5.41, 5.74) is 3.67. The van der Waals surface area contributed by atoms with Crippen LogP contribution in [-0.2, 0) is 9.59 Å². The van der Waals surface area contributed by atoms with Gasteiger partial charge in [-0.2, -0.15) is 5.10 Å². The van der Waals surface area contributed by atoms with Crippen LogP contribution in [0.15, 0.2) is 53.3 Å². The van der Waals surface area contributed by atoms with Gasteiger partial charge in [-0.25, -0.2) is 5.43 Å². The van der Waals surface area contributed by atoms with E-state index < -0.39 is 11.8 Å². The van der Waals surface area contributed by atoms with Gasteiger partial charge in [-0.1, -0.05) is 35.3 Å². The van der Waals surface area contributed by atoms with E-state index in [4.69, 9.17) is 23.2 Å². The Balaban J connectivity index is 1.71. The molecule has 0 bridgehead atoms. The monoisotopic (exact) mass is 390 g/mol. The number of carbonyl (C=O) groups is 2. The maximum Gasteiger partial charge on any atom is 0.272 e. The maximum atomic E-state index is 12.1. The summed E-state index contributed by atoms with van der Waals surface area (Å²) >= 11 is 11.9. The standard InChI is InChI=1S/C17H12Cl2N4O3/c18-10-5-12-13(6-11(10)19)22-17(26)14(21-12)7-16(25)23-20-8-9-3-1-2-4-15(9)24/h1-8,21,24H,(H,22,26)(H,23,25)/b14-7+,20-8+. The van der Waals surface area contributed by atoms with Crippen molar-refractivity contribution in [1.82, 2.24) is 5.43 Å². The molecule has 1 heterocycles. The Hall–Kier alpha value is -3.03.